The number of fused-ring (bicyclic) bond motifs is 1. The van der Waals surface area contributed by atoms with Gasteiger partial charge >= 0.3 is 0 Å². The van der Waals surface area contributed by atoms with Gasteiger partial charge in [0.05, 0.1) is 10.2 Å². The van der Waals surface area contributed by atoms with E-state index in [1.165, 1.54) is 29.5 Å². The first kappa shape index (κ1) is 12.3. The van der Waals surface area contributed by atoms with Gasteiger partial charge in [-0.05, 0) is 43.7 Å². The summed E-state index contributed by atoms with van der Waals surface area (Å²) in [6.07, 6.45) is 6.17. The average Bonchev–Trinajstić information content (AvgIpc) is 2.94. The Labute approximate surface area is 116 Å². The molecule has 1 aromatic carbocycles. The zero-order chi connectivity index (χ0) is 12.5. The van der Waals surface area contributed by atoms with Crippen LogP contribution in [0.5, 0.6) is 0 Å². The molecule has 2 aromatic rings. The van der Waals surface area contributed by atoms with E-state index in [9.17, 15) is 0 Å². The first-order chi connectivity index (χ1) is 8.76. The molecule has 0 spiro atoms. The van der Waals surface area contributed by atoms with Crippen LogP contribution in [-0.4, -0.2) is 22.5 Å². The summed E-state index contributed by atoms with van der Waals surface area (Å²) < 4.78 is 1.28. The molecule has 1 aromatic heterocycles. The molecule has 0 bridgehead atoms. The maximum atomic E-state index is 4.70. The Hall–Kier alpha value is -0.740. The van der Waals surface area contributed by atoms with Crippen molar-refractivity contribution >= 4 is 38.4 Å². The van der Waals surface area contributed by atoms with Crippen molar-refractivity contribution in [2.24, 2.45) is 0 Å². The van der Waals surface area contributed by atoms with Crippen LogP contribution in [0.4, 0.5) is 5.13 Å². The predicted octanol–water partition coefficient (Wildman–Crippen LogP) is 4.30. The monoisotopic (exact) mass is 278 g/mol. The van der Waals surface area contributed by atoms with Crippen molar-refractivity contribution in [2.45, 2.75) is 37.5 Å². The van der Waals surface area contributed by atoms with Gasteiger partial charge in [-0.15, -0.1) is 0 Å². The lowest BCUT2D eigenvalue weighted by molar-refractivity contribution is 0.768. The molecule has 96 valence electrons. The minimum absolute atomic E-state index is 0.599. The first-order valence-electron chi connectivity index (χ1n) is 6.43. The van der Waals surface area contributed by atoms with E-state index < -0.39 is 0 Å². The standard InChI is InChI=1S/C14H18N2S2/c1-9-6-7-13-11(8-9)16-14(18-13)15-10-4-3-5-12(10)17-2/h6-8,10,12H,3-5H2,1-2H3,(H,15,16). The Balaban J connectivity index is 1.82. The van der Waals surface area contributed by atoms with Crippen LogP contribution in [0.25, 0.3) is 10.2 Å². The van der Waals surface area contributed by atoms with Crippen LogP contribution in [0.1, 0.15) is 24.8 Å². The van der Waals surface area contributed by atoms with E-state index in [0.29, 0.717) is 6.04 Å². The van der Waals surface area contributed by atoms with Crippen molar-refractivity contribution in [1.29, 1.82) is 0 Å². The van der Waals surface area contributed by atoms with Crippen LogP contribution in [0.3, 0.4) is 0 Å². The number of hydrogen-bond acceptors (Lipinski definition) is 4. The summed E-state index contributed by atoms with van der Waals surface area (Å²) >= 11 is 3.76. The van der Waals surface area contributed by atoms with Crippen molar-refractivity contribution < 1.29 is 0 Å². The number of thiazole rings is 1. The molecule has 0 saturated heterocycles. The fourth-order valence-corrected chi connectivity index (χ4v) is 4.47. The van der Waals surface area contributed by atoms with Gasteiger partial charge < -0.3 is 5.32 Å². The zero-order valence-corrected chi connectivity index (χ0v) is 12.4. The fourth-order valence-electron chi connectivity index (χ4n) is 2.63. The molecule has 0 amide bonds. The van der Waals surface area contributed by atoms with E-state index >= 15 is 0 Å². The Kier molecular flexibility index (Phi) is 3.48. The molecular weight excluding hydrogens is 260 g/mol. The Morgan fingerprint density at radius 2 is 2.28 bits per heavy atom. The van der Waals surface area contributed by atoms with Crippen LogP contribution >= 0.6 is 23.1 Å². The minimum Gasteiger partial charge on any atom is -0.358 e. The van der Waals surface area contributed by atoms with Crippen LogP contribution in [0, 0.1) is 6.92 Å². The summed E-state index contributed by atoms with van der Waals surface area (Å²) in [7, 11) is 0. The molecule has 1 aliphatic rings. The number of anilines is 1. The number of thioether (sulfide) groups is 1. The zero-order valence-electron chi connectivity index (χ0n) is 10.8. The smallest absolute Gasteiger partial charge is 0.184 e. The van der Waals surface area contributed by atoms with Gasteiger partial charge in [-0.3, -0.25) is 0 Å². The fraction of sp³-hybridized carbons (Fsp3) is 0.500. The summed E-state index contributed by atoms with van der Waals surface area (Å²) in [6.45, 7) is 2.12. The highest BCUT2D eigenvalue weighted by Gasteiger charge is 2.26. The summed E-state index contributed by atoms with van der Waals surface area (Å²) in [5.41, 5.74) is 2.41. The van der Waals surface area contributed by atoms with Crippen LogP contribution in [-0.2, 0) is 0 Å². The number of hydrogen-bond donors (Lipinski definition) is 1. The van der Waals surface area contributed by atoms with Crippen molar-refractivity contribution in [2.75, 3.05) is 11.6 Å². The predicted molar refractivity (Wildman–Crippen MR) is 82.9 cm³/mol. The lowest BCUT2D eigenvalue weighted by Gasteiger charge is -2.18. The Morgan fingerprint density at radius 3 is 3.11 bits per heavy atom. The molecule has 0 radical (unpaired) electrons. The number of nitrogens with one attached hydrogen (secondary N) is 1. The van der Waals surface area contributed by atoms with E-state index in [4.69, 9.17) is 4.98 Å². The van der Waals surface area contributed by atoms with Crippen molar-refractivity contribution in [1.82, 2.24) is 4.98 Å². The molecule has 3 rings (SSSR count). The Bertz CT molecular complexity index is 550. The van der Waals surface area contributed by atoms with E-state index in [2.05, 4.69) is 36.7 Å². The first-order valence-corrected chi connectivity index (χ1v) is 8.53. The molecular formula is C14H18N2S2. The van der Waals surface area contributed by atoms with Crippen molar-refractivity contribution in [3.63, 3.8) is 0 Å². The lowest BCUT2D eigenvalue weighted by Crippen LogP contribution is -2.25. The molecule has 0 aliphatic heterocycles. The molecule has 1 heterocycles. The molecule has 1 fully saturated rings. The van der Waals surface area contributed by atoms with Gasteiger partial charge in [0.15, 0.2) is 5.13 Å². The number of aryl methyl sites for hydroxylation is 1. The quantitative estimate of drug-likeness (QED) is 0.906. The molecule has 2 nitrogen and oxygen atoms in total. The van der Waals surface area contributed by atoms with E-state index in [1.807, 2.05) is 11.8 Å². The third kappa shape index (κ3) is 2.36. The van der Waals surface area contributed by atoms with Gasteiger partial charge in [-0.2, -0.15) is 11.8 Å². The third-order valence-corrected chi connectivity index (χ3v) is 5.74. The molecule has 1 aliphatic carbocycles. The normalized spacial score (nSPS) is 23.7. The average molecular weight is 278 g/mol. The highest BCUT2D eigenvalue weighted by Crippen LogP contribution is 2.33. The second kappa shape index (κ2) is 5.10. The maximum absolute atomic E-state index is 4.70. The number of nitrogens with zero attached hydrogens (tertiary/aromatic N) is 1. The summed E-state index contributed by atoms with van der Waals surface area (Å²) in [6, 6.07) is 7.10. The maximum Gasteiger partial charge on any atom is 0.184 e. The van der Waals surface area contributed by atoms with Crippen LogP contribution in [0.15, 0.2) is 18.2 Å². The molecule has 4 heteroatoms. The van der Waals surface area contributed by atoms with E-state index in [1.54, 1.807) is 11.3 Å². The van der Waals surface area contributed by atoms with Gasteiger partial charge in [0.2, 0.25) is 0 Å². The molecule has 2 atom stereocenters. The topological polar surface area (TPSA) is 24.9 Å². The van der Waals surface area contributed by atoms with Gasteiger partial charge in [0.25, 0.3) is 0 Å². The van der Waals surface area contributed by atoms with Gasteiger partial charge in [-0.1, -0.05) is 23.8 Å². The second-order valence-electron chi connectivity index (χ2n) is 4.95. The number of aromatic nitrogens is 1. The molecule has 18 heavy (non-hydrogen) atoms. The van der Waals surface area contributed by atoms with Crippen LogP contribution in [0.2, 0.25) is 0 Å². The number of rotatable bonds is 3. The molecule has 1 N–H and O–H groups in total. The summed E-state index contributed by atoms with van der Waals surface area (Å²) in [5.74, 6) is 0. The van der Waals surface area contributed by atoms with Crippen molar-refractivity contribution in [3.05, 3.63) is 23.8 Å². The summed E-state index contributed by atoms with van der Waals surface area (Å²) in [4.78, 5) is 4.70. The SMILES string of the molecule is CSC1CCCC1Nc1nc2cc(C)ccc2s1. The highest BCUT2D eigenvalue weighted by atomic mass is 32.2. The van der Waals surface area contributed by atoms with Gasteiger partial charge in [-0.25, -0.2) is 4.98 Å². The molecule has 2 unspecified atom stereocenters. The van der Waals surface area contributed by atoms with E-state index in [0.717, 1.165) is 15.9 Å². The Morgan fingerprint density at radius 1 is 1.39 bits per heavy atom. The highest BCUT2D eigenvalue weighted by molar-refractivity contribution is 7.99. The van der Waals surface area contributed by atoms with Crippen molar-refractivity contribution in [3.8, 4) is 0 Å². The second-order valence-corrected chi connectivity index (χ2v) is 7.05. The van der Waals surface area contributed by atoms with Gasteiger partial charge in [0, 0.05) is 11.3 Å². The minimum atomic E-state index is 0.599. The largest absolute Gasteiger partial charge is 0.358 e. The van der Waals surface area contributed by atoms with Gasteiger partial charge in [0.1, 0.15) is 0 Å². The summed E-state index contributed by atoms with van der Waals surface area (Å²) in [5, 5.41) is 5.47. The van der Waals surface area contributed by atoms with Crippen LogP contribution < -0.4 is 5.32 Å². The molecule has 1 saturated carbocycles. The third-order valence-electron chi connectivity index (χ3n) is 3.61. The van der Waals surface area contributed by atoms with E-state index in [-0.39, 0.29) is 0 Å². The lowest BCUT2D eigenvalue weighted by atomic mass is 10.2. The number of benzene rings is 1.